The molecule has 1 amide bonds. The minimum absolute atomic E-state index is 0.174. The second kappa shape index (κ2) is 7.84. The van der Waals surface area contributed by atoms with Crippen molar-refractivity contribution >= 4 is 11.6 Å². The molecule has 2 rings (SSSR count). The van der Waals surface area contributed by atoms with E-state index < -0.39 is 0 Å². The van der Waals surface area contributed by atoms with Crippen molar-refractivity contribution in [3.05, 3.63) is 54.1 Å². The molecule has 0 bridgehead atoms. The van der Waals surface area contributed by atoms with E-state index >= 15 is 0 Å². The third-order valence-corrected chi connectivity index (χ3v) is 3.06. The monoisotopic (exact) mass is 314 g/mol. The Kier molecular flexibility index (Phi) is 5.57. The SMILES string of the molecule is COc1ccccc1OCC(=O)N/N=C(\C)c1ccc(O)cc1. The van der Waals surface area contributed by atoms with Gasteiger partial charge in [-0.3, -0.25) is 4.79 Å². The predicted molar refractivity (Wildman–Crippen MR) is 86.9 cm³/mol. The van der Waals surface area contributed by atoms with Crippen molar-refractivity contribution in [1.29, 1.82) is 0 Å². The second-order valence-corrected chi connectivity index (χ2v) is 4.72. The zero-order valence-corrected chi connectivity index (χ0v) is 12.9. The Morgan fingerprint density at radius 2 is 1.78 bits per heavy atom. The van der Waals surface area contributed by atoms with Gasteiger partial charge in [-0.25, -0.2) is 5.43 Å². The van der Waals surface area contributed by atoms with Crippen LogP contribution < -0.4 is 14.9 Å². The highest BCUT2D eigenvalue weighted by molar-refractivity contribution is 5.99. The molecule has 0 aliphatic rings. The van der Waals surface area contributed by atoms with E-state index in [0.29, 0.717) is 17.2 Å². The lowest BCUT2D eigenvalue weighted by atomic mass is 10.1. The minimum atomic E-state index is -0.381. The van der Waals surface area contributed by atoms with Gasteiger partial charge in [0.1, 0.15) is 5.75 Å². The quantitative estimate of drug-likeness (QED) is 0.633. The lowest BCUT2D eigenvalue weighted by molar-refractivity contribution is -0.123. The normalized spacial score (nSPS) is 11.0. The Balaban J connectivity index is 1.89. The Morgan fingerprint density at radius 1 is 1.13 bits per heavy atom. The first-order chi connectivity index (χ1) is 11.1. The number of amides is 1. The highest BCUT2D eigenvalue weighted by Crippen LogP contribution is 2.25. The number of carbonyl (C=O) groups excluding carboxylic acids is 1. The average molecular weight is 314 g/mol. The van der Waals surface area contributed by atoms with E-state index in [2.05, 4.69) is 10.5 Å². The molecule has 2 aromatic rings. The number of hydrogen-bond acceptors (Lipinski definition) is 5. The molecule has 0 aromatic heterocycles. The molecule has 0 heterocycles. The summed E-state index contributed by atoms with van der Waals surface area (Å²) in [7, 11) is 1.54. The van der Waals surface area contributed by atoms with Gasteiger partial charge in [0.05, 0.1) is 12.8 Å². The van der Waals surface area contributed by atoms with Gasteiger partial charge in [0.2, 0.25) is 0 Å². The summed E-state index contributed by atoms with van der Waals surface area (Å²) in [6, 6.07) is 13.6. The van der Waals surface area contributed by atoms with E-state index in [1.807, 2.05) is 6.07 Å². The third kappa shape index (κ3) is 4.74. The maximum atomic E-state index is 11.8. The van der Waals surface area contributed by atoms with Gasteiger partial charge >= 0.3 is 0 Å². The number of methoxy groups -OCH3 is 1. The zero-order valence-electron chi connectivity index (χ0n) is 12.9. The topological polar surface area (TPSA) is 80.2 Å². The highest BCUT2D eigenvalue weighted by Gasteiger charge is 2.06. The van der Waals surface area contributed by atoms with Gasteiger partial charge in [-0.05, 0) is 48.9 Å². The number of phenols is 1. The molecular formula is C17H18N2O4. The molecule has 0 atom stereocenters. The lowest BCUT2D eigenvalue weighted by Gasteiger charge is -2.09. The van der Waals surface area contributed by atoms with Crippen LogP contribution in [0, 0.1) is 0 Å². The van der Waals surface area contributed by atoms with Crippen LogP contribution >= 0.6 is 0 Å². The second-order valence-electron chi connectivity index (χ2n) is 4.72. The van der Waals surface area contributed by atoms with Gasteiger partial charge in [0, 0.05) is 0 Å². The Bertz CT molecular complexity index is 696. The number of ether oxygens (including phenoxy) is 2. The standard InChI is InChI=1S/C17H18N2O4/c1-12(13-7-9-14(20)10-8-13)18-19-17(21)11-23-16-6-4-3-5-15(16)22-2/h3-10,20H,11H2,1-2H3,(H,19,21)/b18-12+. The van der Waals surface area contributed by atoms with E-state index in [4.69, 9.17) is 9.47 Å². The lowest BCUT2D eigenvalue weighted by Crippen LogP contribution is -2.25. The molecule has 2 aromatic carbocycles. The minimum Gasteiger partial charge on any atom is -0.508 e. The van der Waals surface area contributed by atoms with Crippen molar-refractivity contribution < 1.29 is 19.4 Å². The molecule has 0 aliphatic heterocycles. The molecular weight excluding hydrogens is 296 g/mol. The average Bonchev–Trinajstić information content (AvgIpc) is 2.58. The molecule has 2 N–H and O–H groups in total. The Hall–Kier alpha value is -3.02. The highest BCUT2D eigenvalue weighted by atomic mass is 16.5. The number of carbonyl (C=O) groups is 1. The summed E-state index contributed by atoms with van der Waals surface area (Å²) in [6.45, 7) is 1.58. The van der Waals surface area contributed by atoms with Gasteiger partial charge in [-0.1, -0.05) is 12.1 Å². The summed E-state index contributed by atoms with van der Waals surface area (Å²) < 4.78 is 10.5. The van der Waals surface area contributed by atoms with Crippen molar-refractivity contribution in [3.8, 4) is 17.2 Å². The number of hydrazone groups is 1. The molecule has 0 saturated carbocycles. The molecule has 0 unspecified atom stereocenters. The van der Waals surface area contributed by atoms with E-state index in [9.17, 15) is 9.90 Å². The molecule has 0 fully saturated rings. The molecule has 23 heavy (non-hydrogen) atoms. The van der Waals surface area contributed by atoms with Crippen LogP contribution in [-0.2, 0) is 4.79 Å². The van der Waals surface area contributed by atoms with Crippen LogP contribution in [0.4, 0.5) is 0 Å². The predicted octanol–water partition coefficient (Wildman–Crippen LogP) is 2.32. The number of hydrogen-bond donors (Lipinski definition) is 2. The van der Waals surface area contributed by atoms with Crippen molar-refractivity contribution in [2.45, 2.75) is 6.92 Å². The first-order valence-corrected chi connectivity index (χ1v) is 6.98. The Labute approximate surface area is 134 Å². The summed E-state index contributed by atoms with van der Waals surface area (Å²) >= 11 is 0. The molecule has 6 nitrogen and oxygen atoms in total. The summed E-state index contributed by atoms with van der Waals surface area (Å²) in [5.74, 6) is 0.846. The summed E-state index contributed by atoms with van der Waals surface area (Å²) in [5.41, 5.74) is 3.84. The van der Waals surface area contributed by atoms with Crippen LogP contribution in [0.1, 0.15) is 12.5 Å². The van der Waals surface area contributed by atoms with Crippen molar-refractivity contribution in [3.63, 3.8) is 0 Å². The van der Waals surface area contributed by atoms with Crippen LogP contribution in [0.25, 0.3) is 0 Å². The number of aromatic hydroxyl groups is 1. The van der Waals surface area contributed by atoms with E-state index in [0.717, 1.165) is 5.56 Å². The largest absolute Gasteiger partial charge is 0.508 e. The molecule has 0 aliphatic carbocycles. The third-order valence-electron chi connectivity index (χ3n) is 3.06. The van der Waals surface area contributed by atoms with Crippen LogP contribution in [0.2, 0.25) is 0 Å². The first kappa shape index (κ1) is 16.4. The number of nitrogens with zero attached hydrogens (tertiary/aromatic N) is 1. The fraction of sp³-hybridized carbons (Fsp3) is 0.176. The van der Waals surface area contributed by atoms with Crippen LogP contribution in [0.5, 0.6) is 17.2 Å². The Morgan fingerprint density at radius 3 is 2.43 bits per heavy atom. The van der Waals surface area contributed by atoms with Crippen LogP contribution in [0.15, 0.2) is 53.6 Å². The summed E-state index contributed by atoms with van der Waals surface area (Å²) in [5, 5.41) is 13.2. The van der Waals surface area contributed by atoms with Gasteiger partial charge < -0.3 is 14.6 Å². The van der Waals surface area contributed by atoms with Crippen LogP contribution in [-0.4, -0.2) is 30.4 Å². The smallest absolute Gasteiger partial charge is 0.277 e. The van der Waals surface area contributed by atoms with Gasteiger partial charge in [-0.2, -0.15) is 5.10 Å². The molecule has 0 radical (unpaired) electrons. The summed E-state index contributed by atoms with van der Waals surface area (Å²) in [4.78, 5) is 11.8. The fourth-order valence-corrected chi connectivity index (χ4v) is 1.83. The first-order valence-electron chi connectivity index (χ1n) is 6.98. The molecule has 0 spiro atoms. The van der Waals surface area contributed by atoms with Gasteiger partial charge in [0.25, 0.3) is 5.91 Å². The molecule has 120 valence electrons. The number of nitrogens with one attached hydrogen (secondary N) is 1. The maximum Gasteiger partial charge on any atom is 0.277 e. The van der Waals surface area contributed by atoms with Crippen molar-refractivity contribution in [2.75, 3.05) is 13.7 Å². The number of benzene rings is 2. The van der Waals surface area contributed by atoms with Crippen molar-refractivity contribution in [1.82, 2.24) is 5.43 Å². The van der Waals surface area contributed by atoms with E-state index in [1.54, 1.807) is 49.4 Å². The van der Waals surface area contributed by atoms with Crippen LogP contribution in [0.3, 0.4) is 0 Å². The van der Waals surface area contributed by atoms with Gasteiger partial charge in [-0.15, -0.1) is 0 Å². The number of phenolic OH excluding ortho intramolecular Hbond substituents is 1. The fourth-order valence-electron chi connectivity index (χ4n) is 1.83. The van der Waals surface area contributed by atoms with E-state index in [1.165, 1.54) is 7.11 Å². The molecule has 0 saturated heterocycles. The van der Waals surface area contributed by atoms with Gasteiger partial charge in [0.15, 0.2) is 18.1 Å². The summed E-state index contributed by atoms with van der Waals surface area (Å²) in [6.07, 6.45) is 0. The zero-order chi connectivity index (χ0) is 16.7. The maximum absolute atomic E-state index is 11.8. The number of rotatable bonds is 6. The number of para-hydroxylation sites is 2. The van der Waals surface area contributed by atoms with Crippen molar-refractivity contribution in [2.24, 2.45) is 5.10 Å². The molecule has 6 heteroatoms. The van der Waals surface area contributed by atoms with E-state index in [-0.39, 0.29) is 18.3 Å².